The number of amides is 3. The SMILES string of the molecule is CCC1(CNC(=O)NC(=O)CC(C)CC(=O)O)CCC1. The summed E-state index contributed by atoms with van der Waals surface area (Å²) >= 11 is 0. The number of carboxylic acids is 1. The lowest BCUT2D eigenvalue weighted by molar-refractivity contribution is -0.138. The van der Waals surface area contributed by atoms with Crippen LogP contribution in [0.4, 0.5) is 4.79 Å². The second-order valence-electron chi connectivity index (χ2n) is 5.85. The summed E-state index contributed by atoms with van der Waals surface area (Å²) in [5.41, 5.74) is 0.205. The molecular formula is C14H24N2O4. The third kappa shape index (κ3) is 5.19. The lowest BCUT2D eigenvalue weighted by atomic mass is 9.67. The second-order valence-corrected chi connectivity index (χ2v) is 5.85. The summed E-state index contributed by atoms with van der Waals surface area (Å²) in [7, 11) is 0. The number of urea groups is 1. The van der Waals surface area contributed by atoms with Crippen molar-refractivity contribution in [2.45, 2.75) is 52.4 Å². The molecule has 0 aromatic rings. The molecule has 1 fully saturated rings. The maximum absolute atomic E-state index is 11.6. The molecule has 1 aliphatic carbocycles. The van der Waals surface area contributed by atoms with Gasteiger partial charge in [0.1, 0.15) is 0 Å². The van der Waals surface area contributed by atoms with Crippen molar-refractivity contribution in [1.29, 1.82) is 0 Å². The van der Waals surface area contributed by atoms with E-state index in [-0.39, 0.29) is 24.2 Å². The number of hydrogen-bond acceptors (Lipinski definition) is 3. The van der Waals surface area contributed by atoms with Gasteiger partial charge in [0, 0.05) is 19.4 Å². The molecule has 0 aliphatic heterocycles. The highest BCUT2D eigenvalue weighted by molar-refractivity contribution is 5.94. The fourth-order valence-electron chi connectivity index (χ4n) is 2.51. The van der Waals surface area contributed by atoms with Crippen molar-refractivity contribution in [3.63, 3.8) is 0 Å². The Kier molecular flexibility index (Phi) is 5.98. The summed E-state index contributed by atoms with van der Waals surface area (Å²) in [5, 5.41) is 13.6. The average molecular weight is 284 g/mol. The van der Waals surface area contributed by atoms with E-state index in [1.807, 2.05) is 0 Å². The Morgan fingerprint density at radius 3 is 2.35 bits per heavy atom. The van der Waals surface area contributed by atoms with Gasteiger partial charge in [-0.3, -0.25) is 14.9 Å². The average Bonchev–Trinajstić information content (AvgIpc) is 2.26. The molecule has 0 aromatic carbocycles. The van der Waals surface area contributed by atoms with Gasteiger partial charge in [-0.25, -0.2) is 4.79 Å². The largest absolute Gasteiger partial charge is 0.481 e. The van der Waals surface area contributed by atoms with E-state index in [4.69, 9.17) is 5.11 Å². The summed E-state index contributed by atoms with van der Waals surface area (Å²) in [5.74, 6) is -1.66. The third-order valence-electron chi connectivity index (χ3n) is 4.10. The van der Waals surface area contributed by atoms with E-state index in [0.717, 1.165) is 19.3 Å². The lowest BCUT2D eigenvalue weighted by Gasteiger charge is -2.41. The Balaban J connectivity index is 2.24. The summed E-state index contributed by atoms with van der Waals surface area (Å²) < 4.78 is 0. The fraction of sp³-hybridized carbons (Fsp3) is 0.786. The molecule has 1 atom stereocenters. The Bertz CT molecular complexity index is 372. The smallest absolute Gasteiger partial charge is 0.321 e. The molecule has 6 heteroatoms. The predicted octanol–water partition coefficient (Wildman–Crippen LogP) is 1.89. The molecule has 0 bridgehead atoms. The van der Waals surface area contributed by atoms with Crippen LogP contribution in [0.1, 0.15) is 52.4 Å². The third-order valence-corrected chi connectivity index (χ3v) is 4.10. The van der Waals surface area contributed by atoms with Crippen LogP contribution < -0.4 is 10.6 Å². The van der Waals surface area contributed by atoms with Crippen LogP contribution in [0.25, 0.3) is 0 Å². The zero-order valence-corrected chi connectivity index (χ0v) is 12.2. The Hall–Kier alpha value is -1.59. The van der Waals surface area contributed by atoms with Crippen molar-refractivity contribution in [2.75, 3.05) is 6.54 Å². The van der Waals surface area contributed by atoms with E-state index >= 15 is 0 Å². The van der Waals surface area contributed by atoms with E-state index in [1.165, 1.54) is 6.42 Å². The van der Waals surface area contributed by atoms with E-state index in [2.05, 4.69) is 17.6 Å². The minimum absolute atomic E-state index is 0.0403. The van der Waals surface area contributed by atoms with Gasteiger partial charge in [0.25, 0.3) is 0 Å². The van der Waals surface area contributed by atoms with Crippen molar-refractivity contribution in [1.82, 2.24) is 10.6 Å². The molecule has 114 valence electrons. The Morgan fingerprint density at radius 2 is 1.90 bits per heavy atom. The first kappa shape index (κ1) is 16.5. The maximum atomic E-state index is 11.6. The van der Waals surface area contributed by atoms with Gasteiger partial charge in [0.2, 0.25) is 5.91 Å². The Morgan fingerprint density at radius 1 is 1.25 bits per heavy atom. The maximum Gasteiger partial charge on any atom is 0.321 e. The predicted molar refractivity (Wildman–Crippen MR) is 74.2 cm³/mol. The molecule has 1 saturated carbocycles. The molecule has 3 amide bonds. The van der Waals surface area contributed by atoms with Crippen LogP contribution in [0.15, 0.2) is 0 Å². The number of hydrogen-bond donors (Lipinski definition) is 3. The van der Waals surface area contributed by atoms with E-state index in [9.17, 15) is 14.4 Å². The van der Waals surface area contributed by atoms with Gasteiger partial charge in [-0.1, -0.05) is 20.3 Å². The van der Waals surface area contributed by atoms with Crippen LogP contribution in [0.3, 0.4) is 0 Å². The summed E-state index contributed by atoms with van der Waals surface area (Å²) in [4.78, 5) is 33.6. The summed E-state index contributed by atoms with van der Waals surface area (Å²) in [6.07, 6.45) is 4.42. The molecule has 1 aliphatic rings. The topological polar surface area (TPSA) is 95.5 Å². The van der Waals surface area contributed by atoms with Crippen LogP contribution in [-0.4, -0.2) is 29.6 Å². The molecule has 0 heterocycles. The van der Waals surface area contributed by atoms with Crippen molar-refractivity contribution < 1.29 is 19.5 Å². The number of carbonyl (C=O) groups is 3. The highest BCUT2D eigenvalue weighted by Crippen LogP contribution is 2.42. The molecular weight excluding hydrogens is 260 g/mol. The zero-order valence-electron chi connectivity index (χ0n) is 12.2. The van der Waals surface area contributed by atoms with Crippen LogP contribution in [0.5, 0.6) is 0 Å². The number of rotatable bonds is 7. The normalized spacial score (nSPS) is 17.7. The standard InChI is InChI=1S/C14H24N2O4/c1-3-14(5-4-6-14)9-15-13(20)16-11(17)7-10(2)8-12(18)19/h10H,3-9H2,1-2H3,(H,18,19)(H2,15,16,17,20). The van der Waals surface area contributed by atoms with Crippen molar-refractivity contribution in [2.24, 2.45) is 11.3 Å². The fourth-order valence-corrected chi connectivity index (χ4v) is 2.51. The minimum Gasteiger partial charge on any atom is -0.481 e. The number of aliphatic carboxylic acids is 1. The van der Waals surface area contributed by atoms with Crippen LogP contribution >= 0.6 is 0 Å². The molecule has 6 nitrogen and oxygen atoms in total. The van der Waals surface area contributed by atoms with Crippen molar-refractivity contribution in [3.8, 4) is 0 Å². The van der Waals surface area contributed by atoms with Gasteiger partial charge in [0.15, 0.2) is 0 Å². The van der Waals surface area contributed by atoms with E-state index < -0.39 is 17.9 Å². The number of carboxylic acid groups (broad SMARTS) is 1. The number of nitrogens with one attached hydrogen (secondary N) is 2. The monoisotopic (exact) mass is 284 g/mol. The van der Waals surface area contributed by atoms with Crippen LogP contribution in [-0.2, 0) is 9.59 Å². The summed E-state index contributed by atoms with van der Waals surface area (Å²) in [6, 6.07) is -0.489. The molecule has 3 N–H and O–H groups in total. The van der Waals surface area contributed by atoms with E-state index in [1.54, 1.807) is 6.92 Å². The second kappa shape index (κ2) is 7.26. The first-order chi connectivity index (χ1) is 9.37. The first-order valence-electron chi connectivity index (χ1n) is 7.16. The quantitative estimate of drug-likeness (QED) is 0.665. The highest BCUT2D eigenvalue weighted by Gasteiger charge is 2.35. The zero-order chi connectivity index (χ0) is 15.2. The molecule has 1 unspecified atom stereocenters. The lowest BCUT2D eigenvalue weighted by Crippen LogP contribution is -2.47. The molecule has 0 spiro atoms. The minimum atomic E-state index is -0.940. The molecule has 0 saturated heterocycles. The molecule has 0 aromatic heterocycles. The van der Waals surface area contributed by atoms with Crippen LogP contribution in [0.2, 0.25) is 0 Å². The molecule has 20 heavy (non-hydrogen) atoms. The van der Waals surface area contributed by atoms with Gasteiger partial charge < -0.3 is 10.4 Å². The summed E-state index contributed by atoms with van der Waals surface area (Å²) in [6.45, 7) is 4.37. The van der Waals surface area contributed by atoms with Gasteiger partial charge in [0.05, 0.1) is 0 Å². The van der Waals surface area contributed by atoms with Gasteiger partial charge in [-0.2, -0.15) is 0 Å². The Labute approximate surface area is 119 Å². The van der Waals surface area contributed by atoms with Gasteiger partial charge in [-0.15, -0.1) is 0 Å². The first-order valence-corrected chi connectivity index (χ1v) is 7.16. The van der Waals surface area contributed by atoms with Gasteiger partial charge in [-0.05, 0) is 30.6 Å². The molecule has 0 radical (unpaired) electrons. The number of imide groups is 1. The van der Waals surface area contributed by atoms with Crippen molar-refractivity contribution >= 4 is 17.9 Å². The highest BCUT2D eigenvalue weighted by atomic mass is 16.4. The van der Waals surface area contributed by atoms with E-state index in [0.29, 0.717) is 6.54 Å². The number of carbonyl (C=O) groups excluding carboxylic acids is 2. The van der Waals surface area contributed by atoms with Crippen LogP contribution in [0, 0.1) is 11.3 Å². The molecule has 1 rings (SSSR count). The van der Waals surface area contributed by atoms with Gasteiger partial charge >= 0.3 is 12.0 Å². The van der Waals surface area contributed by atoms with Crippen molar-refractivity contribution in [3.05, 3.63) is 0 Å².